The van der Waals surface area contributed by atoms with Crippen molar-refractivity contribution >= 4 is 11.8 Å². The third-order valence-corrected chi connectivity index (χ3v) is 16.7. The number of aromatic hydroxyl groups is 2. The van der Waals surface area contributed by atoms with Gasteiger partial charge in [0, 0.05) is 64.1 Å². The van der Waals surface area contributed by atoms with Gasteiger partial charge in [-0.2, -0.15) is 0 Å². The van der Waals surface area contributed by atoms with Crippen molar-refractivity contribution in [1.29, 1.82) is 0 Å². The number of benzene rings is 4. The van der Waals surface area contributed by atoms with Crippen molar-refractivity contribution in [3.8, 4) is 56.3 Å². The first-order valence-electron chi connectivity index (χ1n) is 22.2. The maximum Gasteiger partial charge on any atom is 0.127 e. The molecule has 0 radical (unpaired) electrons. The molecule has 5 heteroatoms. The topological polar surface area (TPSA) is 53.4 Å². The molecule has 8 fully saturated rings. The van der Waals surface area contributed by atoms with Crippen molar-refractivity contribution in [3.05, 3.63) is 107 Å². The fourth-order valence-corrected chi connectivity index (χ4v) is 15.3. The van der Waals surface area contributed by atoms with E-state index in [4.69, 9.17) is 4.98 Å². The minimum Gasteiger partial charge on any atom is -0.507 e. The molecule has 4 aromatic carbocycles. The van der Waals surface area contributed by atoms with E-state index in [1.807, 2.05) is 11.8 Å². The molecule has 8 aliphatic rings. The average Bonchev–Trinajstić information content (AvgIpc) is 3.18. The molecule has 0 atom stereocenters. The van der Waals surface area contributed by atoms with Crippen LogP contribution in [0.25, 0.3) is 44.8 Å². The van der Waals surface area contributed by atoms with E-state index >= 15 is 0 Å². The van der Waals surface area contributed by atoms with Crippen molar-refractivity contribution in [3.63, 3.8) is 0 Å². The Kier molecular flexibility index (Phi) is 9.95. The van der Waals surface area contributed by atoms with Crippen LogP contribution in [0.4, 0.5) is 0 Å². The van der Waals surface area contributed by atoms with Crippen LogP contribution >= 0.6 is 11.8 Å². The molecular formula is C53H57HfNO2S. The Morgan fingerprint density at radius 1 is 0.517 bits per heavy atom. The van der Waals surface area contributed by atoms with E-state index in [2.05, 4.69) is 106 Å². The van der Waals surface area contributed by atoms with Gasteiger partial charge in [-0.25, -0.2) is 4.98 Å². The van der Waals surface area contributed by atoms with Gasteiger partial charge in [-0.15, -0.1) is 11.8 Å². The van der Waals surface area contributed by atoms with Crippen molar-refractivity contribution in [2.45, 2.75) is 114 Å². The van der Waals surface area contributed by atoms with E-state index in [-0.39, 0.29) is 36.7 Å². The van der Waals surface area contributed by atoms with Crippen LogP contribution in [0.15, 0.2) is 89.8 Å². The minimum atomic E-state index is 0. The Morgan fingerprint density at radius 2 is 0.862 bits per heavy atom. The van der Waals surface area contributed by atoms with E-state index in [1.54, 1.807) is 0 Å². The van der Waals surface area contributed by atoms with Gasteiger partial charge in [-0.1, -0.05) is 67.6 Å². The van der Waals surface area contributed by atoms with Crippen molar-refractivity contribution in [1.82, 2.24) is 4.98 Å². The third-order valence-electron chi connectivity index (χ3n) is 15.8. The number of nitrogens with zero attached hydrogens (tertiary/aromatic N) is 1. The monoisotopic (exact) mass is 951 g/mol. The van der Waals surface area contributed by atoms with E-state index in [0.717, 1.165) is 86.0 Å². The molecule has 8 saturated carbocycles. The summed E-state index contributed by atoms with van der Waals surface area (Å²) in [6.45, 7) is 6.62. The number of phenolic OH excluding ortho intramolecular Hbond substituents is 2. The van der Waals surface area contributed by atoms with Crippen LogP contribution in [0.1, 0.15) is 106 Å². The van der Waals surface area contributed by atoms with Gasteiger partial charge in [0.05, 0.1) is 11.4 Å². The number of aryl methyl sites for hydroxylation is 2. The second-order valence-electron chi connectivity index (χ2n) is 19.9. The van der Waals surface area contributed by atoms with Gasteiger partial charge in [-0.3, -0.25) is 0 Å². The number of rotatable bonds is 8. The van der Waals surface area contributed by atoms with Gasteiger partial charge < -0.3 is 10.2 Å². The number of hydrogen-bond acceptors (Lipinski definition) is 4. The summed E-state index contributed by atoms with van der Waals surface area (Å²) in [5, 5.41) is 24.8. The summed E-state index contributed by atoms with van der Waals surface area (Å²) in [4.78, 5) is 6.68. The van der Waals surface area contributed by atoms with Crippen LogP contribution in [0, 0.1) is 49.4 Å². The Labute approximate surface area is 368 Å². The SMILES string of the molecule is CCSc1cc(-c2ccccc2-c2cc(C)cc(C34CC5CC(CC(C5)C3)C4)c2O)nc(-c2ccccc2-c2cc(C)cc(C34CC5CC(CC(C5)C3)C4)c2O)c1.[Hf]. The summed E-state index contributed by atoms with van der Waals surface area (Å²) in [6, 6.07) is 30.7. The largest absolute Gasteiger partial charge is 0.507 e. The second-order valence-corrected chi connectivity index (χ2v) is 21.2. The fourth-order valence-electron chi connectivity index (χ4n) is 14.6. The van der Waals surface area contributed by atoms with Crippen molar-refractivity contribution in [2.24, 2.45) is 35.5 Å². The molecular weight excluding hydrogens is 893 g/mol. The summed E-state index contributed by atoms with van der Waals surface area (Å²) < 4.78 is 0. The standard InChI is InChI=1S/C53H57NO2S.Hf/c1-4-57-39-23-48(42-11-7-5-9-40(42)44-13-31(2)15-46(50(44)55)52-25-33-17-34(26-52)19-35(18-33)27-52)54-49(24-39)43-12-8-6-10-41(43)45-14-32(3)16-47(51(45)56)53-28-36-20-37(29-53)22-38(21-36)30-53;/h5-16,23-24,33-38,55-56H,4,17-22,25-30H2,1-3H3;. The first kappa shape index (κ1) is 39.0. The molecule has 296 valence electrons. The molecule has 13 rings (SSSR count). The quantitative estimate of drug-likeness (QED) is 0.120. The molecule has 2 N–H and O–H groups in total. The zero-order valence-corrected chi connectivity index (χ0v) is 38.9. The number of aromatic nitrogens is 1. The average molecular weight is 951 g/mol. The van der Waals surface area contributed by atoms with E-state index in [9.17, 15) is 10.2 Å². The van der Waals surface area contributed by atoms with Crippen LogP contribution in [-0.2, 0) is 36.7 Å². The molecule has 8 aliphatic carbocycles. The maximum absolute atomic E-state index is 12.4. The summed E-state index contributed by atoms with van der Waals surface area (Å²) in [6.07, 6.45) is 15.6. The van der Waals surface area contributed by atoms with Crippen molar-refractivity contribution < 1.29 is 36.1 Å². The predicted octanol–water partition coefficient (Wildman–Crippen LogP) is 13.8. The first-order valence-corrected chi connectivity index (χ1v) is 23.2. The van der Waals surface area contributed by atoms with Crippen LogP contribution in [0.2, 0.25) is 0 Å². The normalized spacial score (nSPS) is 30.1. The maximum atomic E-state index is 12.4. The third kappa shape index (κ3) is 6.50. The zero-order valence-electron chi connectivity index (χ0n) is 34.5. The van der Waals surface area contributed by atoms with Gasteiger partial charge in [-0.05, 0) is 190 Å². The summed E-state index contributed by atoms with van der Waals surface area (Å²) in [5.41, 5.74) is 12.8. The molecule has 0 spiro atoms. The molecule has 8 bridgehead atoms. The summed E-state index contributed by atoms with van der Waals surface area (Å²) >= 11 is 1.84. The smallest absolute Gasteiger partial charge is 0.127 e. The van der Waals surface area contributed by atoms with Crippen LogP contribution < -0.4 is 0 Å². The Morgan fingerprint density at radius 3 is 1.21 bits per heavy atom. The molecule has 58 heavy (non-hydrogen) atoms. The molecule has 1 aromatic heterocycles. The fraction of sp³-hybridized carbons (Fsp3) is 0.453. The first-order chi connectivity index (χ1) is 27.7. The van der Waals surface area contributed by atoms with E-state index in [1.165, 1.54) is 104 Å². The number of thioether (sulfide) groups is 1. The van der Waals surface area contributed by atoms with E-state index < -0.39 is 0 Å². The molecule has 3 nitrogen and oxygen atoms in total. The molecule has 5 aromatic rings. The summed E-state index contributed by atoms with van der Waals surface area (Å²) in [7, 11) is 0. The number of hydrogen-bond donors (Lipinski definition) is 2. The molecule has 0 unspecified atom stereocenters. The van der Waals surface area contributed by atoms with Gasteiger partial charge in [0.1, 0.15) is 11.5 Å². The Bertz CT molecular complexity index is 2180. The van der Waals surface area contributed by atoms with Gasteiger partial charge >= 0.3 is 0 Å². The number of phenols is 2. The molecule has 1 heterocycles. The molecule has 0 amide bonds. The van der Waals surface area contributed by atoms with Gasteiger partial charge in [0.15, 0.2) is 0 Å². The molecule has 0 aliphatic heterocycles. The van der Waals surface area contributed by atoms with Crippen LogP contribution in [-0.4, -0.2) is 20.9 Å². The minimum absolute atomic E-state index is 0. The van der Waals surface area contributed by atoms with Gasteiger partial charge in [0.2, 0.25) is 0 Å². The van der Waals surface area contributed by atoms with E-state index in [0.29, 0.717) is 11.5 Å². The number of pyridine rings is 1. The Balaban J connectivity index is 0.00000408. The van der Waals surface area contributed by atoms with Gasteiger partial charge in [0.25, 0.3) is 0 Å². The van der Waals surface area contributed by atoms with Crippen molar-refractivity contribution in [2.75, 3.05) is 5.75 Å². The molecule has 0 saturated heterocycles. The van der Waals surface area contributed by atoms with Crippen LogP contribution in [0.5, 0.6) is 11.5 Å². The predicted molar refractivity (Wildman–Crippen MR) is 235 cm³/mol. The second kappa shape index (κ2) is 14.8. The zero-order chi connectivity index (χ0) is 38.6. The van der Waals surface area contributed by atoms with Crippen LogP contribution in [0.3, 0.4) is 0 Å². The Hall–Kier alpha value is -3.15. The summed E-state index contributed by atoms with van der Waals surface area (Å²) in [5.74, 6) is 6.75.